The molecule has 0 aliphatic rings. The normalized spacial score (nSPS) is 10.6. The minimum Gasteiger partial charge on any atom is -0.349 e. The van der Waals surface area contributed by atoms with Gasteiger partial charge in [0.15, 0.2) is 0 Å². The first kappa shape index (κ1) is 18.5. The highest BCUT2D eigenvalue weighted by atomic mass is 19.1. The van der Waals surface area contributed by atoms with Crippen molar-refractivity contribution >= 4 is 17.5 Å². The van der Waals surface area contributed by atoms with Gasteiger partial charge in [0.25, 0.3) is 11.8 Å². The Hall–Kier alpha value is -2.87. The molecule has 2 N–H and O–H groups in total. The largest absolute Gasteiger partial charge is 0.349 e. The number of benzene rings is 1. The van der Waals surface area contributed by atoms with E-state index in [1.165, 1.54) is 18.3 Å². The van der Waals surface area contributed by atoms with Gasteiger partial charge in [-0.05, 0) is 38.4 Å². The minimum absolute atomic E-state index is 0.0750. The molecule has 0 spiro atoms. The van der Waals surface area contributed by atoms with Gasteiger partial charge in [-0.2, -0.15) is 0 Å². The number of hydrogen-bond donors (Lipinski definition) is 2. The Morgan fingerprint density at radius 1 is 1.12 bits per heavy atom. The summed E-state index contributed by atoms with van der Waals surface area (Å²) in [5, 5.41) is 5.02. The van der Waals surface area contributed by atoms with E-state index in [-0.39, 0.29) is 16.9 Å². The van der Waals surface area contributed by atoms with Crippen molar-refractivity contribution in [3.63, 3.8) is 0 Å². The predicted octanol–water partition coefficient (Wildman–Crippen LogP) is 1.90. The fourth-order valence-corrected chi connectivity index (χ4v) is 1.96. The summed E-state index contributed by atoms with van der Waals surface area (Å²) in [7, 11) is 3.76. The van der Waals surface area contributed by atoms with Crippen LogP contribution in [-0.4, -0.2) is 48.9 Å². The highest BCUT2D eigenvalue weighted by Crippen LogP contribution is 2.16. The van der Waals surface area contributed by atoms with Gasteiger partial charge in [-0.15, -0.1) is 0 Å². The summed E-state index contributed by atoms with van der Waals surface area (Å²) in [5.41, 5.74) is 0.0580. The fraction of sp³-hybridized carbons (Fsp3) is 0.235. The summed E-state index contributed by atoms with van der Waals surface area (Å²) in [6.45, 7) is 1.10. The van der Waals surface area contributed by atoms with Gasteiger partial charge in [-0.1, -0.05) is 0 Å². The van der Waals surface area contributed by atoms with Crippen LogP contribution in [0.2, 0.25) is 0 Å². The fourth-order valence-electron chi connectivity index (χ4n) is 1.96. The summed E-state index contributed by atoms with van der Waals surface area (Å²) in [4.78, 5) is 30.1. The molecule has 2 aromatic rings. The van der Waals surface area contributed by atoms with Gasteiger partial charge in [0.05, 0.1) is 5.69 Å². The second-order valence-corrected chi connectivity index (χ2v) is 5.57. The number of halogens is 2. The number of rotatable bonds is 6. The number of likely N-dealkylation sites (N-methyl/N-ethyl adjacent to an activating group) is 1. The molecule has 0 saturated heterocycles. The number of nitrogens with zero attached hydrogens (tertiary/aromatic N) is 2. The molecule has 8 heteroatoms. The van der Waals surface area contributed by atoms with Crippen molar-refractivity contribution in [2.75, 3.05) is 32.5 Å². The Bertz CT molecular complexity index is 781. The molecule has 0 fully saturated rings. The molecule has 0 radical (unpaired) electrons. The molecule has 25 heavy (non-hydrogen) atoms. The average Bonchev–Trinajstić information content (AvgIpc) is 2.57. The third-order valence-electron chi connectivity index (χ3n) is 3.28. The Kier molecular flexibility index (Phi) is 6.13. The van der Waals surface area contributed by atoms with E-state index in [4.69, 9.17) is 0 Å². The van der Waals surface area contributed by atoms with Crippen LogP contribution in [-0.2, 0) is 0 Å². The zero-order valence-corrected chi connectivity index (χ0v) is 13.8. The zero-order valence-electron chi connectivity index (χ0n) is 13.8. The van der Waals surface area contributed by atoms with Crippen LogP contribution in [0.1, 0.15) is 20.8 Å². The van der Waals surface area contributed by atoms with E-state index in [1.807, 2.05) is 19.0 Å². The van der Waals surface area contributed by atoms with Crippen molar-refractivity contribution in [3.8, 4) is 0 Å². The van der Waals surface area contributed by atoms with E-state index in [1.54, 1.807) is 0 Å². The Balaban J connectivity index is 2.06. The molecule has 1 aromatic carbocycles. The van der Waals surface area contributed by atoms with Crippen molar-refractivity contribution < 1.29 is 18.4 Å². The molecule has 6 nitrogen and oxygen atoms in total. The lowest BCUT2D eigenvalue weighted by molar-refractivity contribution is 0.0946. The molecule has 0 unspecified atom stereocenters. The van der Waals surface area contributed by atoms with Gasteiger partial charge in [0.2, 0.25) is 0 Å². The number of nitrogens with one attached hydrogen (secondary N) is 2. The van der Waals surface area contributed by atoms with Gasteiger partial charge in [-0.25, -0.2) is 8.78 Å². The van der Waals surface area contributed by atoms with Crippen molar-refractivity contribution in [3.05, 3.63) is 59.4 Å². The first-order valence-electron chi connectivity index (χ1n) is 7.52. The minimum atomic E-state index is -0.885. The SMILES string of the molecule is CN(C)CCNC(=O)c1cc(C(=O)Nc2ccc(F)cc2F)ccn1. The lowest BCUT2D eigenvalue weighted by atomic mass is 10.2. The molecule has 0 aliphatic carbocycles. The van der Waals surface area contributed by atoms with E-state index < -0.39 is 23.4 Å². The summed E-state index contributed by atoms with van der Waals surface area (Å²) in [5.74, 6) is -2.67. The van der Waals surface area contributed by atoms with Crippen LogP contribution in [0, 0.1) is 11.6 Å². The van der Waals surface area contributed by atoms with Crippen molar-refractivity contribution in [1.29, 1.82) is 0 Å². The molecule has 2 amide bonds. The van der Waals surface area contributed by atoms with Gasteiger partial charge < -0.3 is 15.5 Å². The monoisotopic (exact) mass is 348 g/mol. The molecule has 132 valence electrons. The van der Waals surface area contributed by atoms with Crippen LogP contribution in [0.5, 0.6) is 0 Å². The number of anilines is 1. The van der Waals surface area contributed by atoms with Gasteiger partial charge >= 0.3 is 0 Å². The number of aromatic nitrogens is 1. The van der Waals surface area contributed by atoms with Crippen LogP contribution in [0.3, 0.4) is 0 Å². The standard InChI is InChI=1S/C17H18F2N4O2/c1-23(2)8-7-21-17(25)15-9-11(5-6-20-15)16(24)22-14-4-3-12(18)10-13(14)19/h3-6,9-10H,7-8H2,1-2H3,(H,21,25)(H,22,24). The molecule has 0 atom stereocenters. The zero-order chi connectivity index (χ0) is 18.4. The first-order chi connectivity index (χ1) is 11.9. The smallest absolute Gasteiger partial charge is 0.269 e. The van der Waals surface area contributed by atoms with Crippen LogP contribution < -0.4 is 10.6 Å². The van der Waals surface area contributed by atoms with E-state index >= 15 is 0 Å². The molecule has 1 aromatic heterocycles. The highest BCUT2D eigenvalue weighted by molar-refractivity contribution is 6.05. The molecular weight excluding hydrogens is 330 g/mol. The number of amides is 2. The Labute approximate surface area is 143 Å². The first-order valence-corrected chi connectivity index (χ1v) is 7.52. The summed E-state index contributed by atoms with van der Waals surface area (Å²) < 4.78 is 26.5. The van der Waals surface area contributed by atoms with E-state index in [2.05, 4.69) is 15.6 Å². The lowest BCUT2D eigenvalue weighted by Crippen LogP contribution is -2.32. The van der Waals surface area contributed by atoms with Crippen LogP contribution >= 0.6 is 0 Å². The van der Waals surface area contributed by atoms with Crippen molar-refractivity contribution in [2.24, 2.45) is 0 Å². The van der Waals surface area contributed by atoms with E-state index in [9.17, 15) is 18.4 Å². The van der Waals surface area contributed by atoms with Crippen molar-refractivity contribution in [2.45, 2.75) is 0 Å². The third kappa shape index (κ3) is 5.32. The maximum absolute atomic E-state index is 13.6. The number of carbonyl (C=O) groups excluding carboxylic acids is 2. The molecule has 1 heterocycles. The number of pyridine rings is 1. The summed E-state index contributed by atoms with van der Waals surface area (Å²) in [6.07, 6.45) is 1.32. The van der Waals surface area contributed by atoms with E-state index in [0.29, 0.717) is 19.2 Å². The Morgan fingerprint density at radius 3 is 2.56 bits per heavy atom. The number of carbonyl (C=O) groups is 2. The van der Waals surface area contributed by atoms with Crippen LogP contribution in [0.15, 0.2) is 36.5 Å². The molecule has 0 bridgehead atoms. The second-order valence-electron chi connectivity index (χ2n) is 5.57. The predicted molar refractivity (Wildman–Crippen MR) is 89.4 cm³/mol. The Morgan fingerprint density at radius 2 is 1.88 bits per heavy atom. The second kappa shape index (κ2) is 8.29. The molecular formula is C17H18F2N4O2. The maximum atomic E-state index is 13.6. The molecule has 0 aliphatic heterocycles. The summed E-state index contributed by atoms with van der Waals surface area (Å²) in [6, 6.07) is 5.54. The van der Waals surface area contributed by atoms with Gasteiger partial charge in [0.1, 0.15) is 17.3 Å². The van der Waals surface area contributed by atoms with Crippen LogP contribution in [0.4, 0.5) is 14.5 Å². The summed E-state index contributed by atoms with van der Waals surface area (Å²) >= 11 is 0. The maximum Gasteiger partial charge on any atom is 0.269 e. The lowest BCUT2D eigenvalue weighted by Gasteiger charge is -2.10. The highest BCUT2D eigenvalue weighted by Gasteiger charge is 2.13. The van der Waals surface area contributed by atoms with E-state index in [0.717, 1.165) is 12.1 Å². The van der Waals surface area contributed by atoms with Crippen LogP contribution in [0.25, 0.3) is 0 Å². The topological polar surface area (TPSA) is 74.3 Å². The van der Waals surface area contributed by atoms with Gasteiger partial charge in [0, 0.05) is 30.9 Å². The van der Waals surface area contributed by atoms with Gasteiger partial charge in [-0.3, -0.25) is 14.6 Å². The molecule has 2 rings (SSSR count). The quantitative estimate of drug-likeness (QED) is 0.836. The molecule has 0 saturated carbocycles. The number of hydrogen-bond acceptors (Lipinski definition) is 4. The van der Waals surface area contributed by atoms with Crippen molar-refractivity contribution in [1.82, 2.24) is 15.2 Å². The third-order valence-corrected chi connectivity index (χ3v) is 3.28. The average molecular weight is 348 g/mol.